The summed E-state index contributed by atoms with van der Waals surface area (Å²) in [7, 11) is 1.61. The standard InChI is InChI=1S/C26H29NO3/c1-3-10-20-15-16-24(29-2)25(17-20)30-19-23(28)18-27-26(21-11-6-4-7-12-21)22-13-8-5-9-14-22/h3-17,23,26-28H,18-19H2,1-2H3/b10-3+. The predicted octanol–water partition coefficient (Wildman–Crippen LogP) is 4.85. The van der Waals surface area contributed by atoms with Crippen molar-refractivity contribution in [3.05, 3.63) is 102 Å². The molecule has 0 aliphatic carbocycles. The molecule has 0 aromatic heterocycles. The Morgan fingerprint density at radius 1 is 0.900 bits per heavy atom. The van der Waals surface area contributed by atoms with Gasteiger partial charge >= 0.3 is 0 Å². The summed E-state index contributed by atoms with van der Waals surface area (Å²) in [5.74, 6) is 1.27. The Bertz CT molecular complexity index is 886. The zero-order valence-corrected chi connectivity index (χ0v) is 17.5. The van der Waals surface area contributed by atoms with Crippen LogP contribution in [0.15, 0.2) is 84.9 Å². The van der Waals surface area contributed by atoms with Crippen LogP contribution in [0.1, 0.15) is 29.7 Å². The largest absolute Gasteiger partial charge is 0.493 e. The molecule has 0 saturated heterocycles. The molecule has 0 heterocycles. The summed E-state index contributed by atoms with van der Waals surface area (Å²) in [6.45, 7) is 2.53. The highest BCUT2D eigenvalue weighted by Gasteiger charge is 2.16. The predicted molar refractivity (Wildman–Crippen MR) is 122 cm³/mol. The van der Waals surface area contributed by atoms with Gasteiger partial charge in [-0.2, -0.15) is 0 Å². The maximum Gasteiger partial charge on any atom is 0.161 e. The van der Waals surface area contributed by atoms with E-state index < -0.39 is 6.10 Å². The zero-order valence-electron chi connectivity index (χ0n) is 17.5. The zero-order chi connectivity index (χ0) is 21.2. The Balaban J connectivity index is 1.64. The van der Waals surface area contributed by atoms with Gasteiger partial charge in [-0.15, -0.1) is 0 Å². The molecule has 4 nitrogen and oxygen atoms in total. The van der Waals surface area contributed by atoms with Crippen molar-refractivity contribution < 1.29 is 14.6 Å². The van der Waals surface area contributed by atoms with E-state index in [4.69, 9.17) is 9.47 Å². The highest BCUT2D eigenvalue weighted by atomic mass is 16.5. The van der Waals surface area contributed by atoms with Crippen molar-refractivity contribution >= 4 is 6.08 Å². The van der Waals surface area contributed by atoms with Crippen LogP contribution >= 0.6 is 0 Å². The lowest BCUT2D eigenvalue weighted by atomic mass is 9.98. The number of ether oxygens (including phenoxy) is 2. The third kappa shape index (κ3) is 5.96. The van der Waals surface area contributed by atoms with Crippen molar-refractivity contribution in [3.63, 3.8) is 0 Å². The van der Waals surface area contributed by atoms with Gasteiger partial charge in [0.2, 0.25) is 0 Å². The maximum atomic E-state index is 10.5. The van der Waals surface area contributed by atoms with Crippen LogP contribution in [0.2, 0.25) is 0 Å². The molecule has 0 aliphatic rings. The first kappa shape index (κ1) is 21.6. The number of aliphatic hydroxyl groups excluding tert-OH is 1. The van der Waals surface area contributed by atoms with Gasteiger partial charge in [-0.3, -0.25) is 0 Å². The quantitative estimate of drug-likeness (QED) is 0.508. The van der Waals surface area contributed by atoms with Crippen molar-refractivity contribution in [1.82, 2.24) is 5.32 Å². The molecule has 0 amide bonds. The third-order valence-electron chi connectivity index (χ3n) is 4.80. The Kier molecular flexibility index (Phi) is 8.07. The van der Waals surface area contributed by atoms with Gasteiger partial charge in [-0.05, 0) is 35.7 Å². The fourth-order valence-electron chi connectivity index (χ4n) is 3.32. The van der Waals surface area contributed by atoms with E-state index in [0.29, 0.717) is 18.0 Å². The van der Waals surface area contributed by atoms with E-state index in [1.165, 1.54) is 0 Å². The topological polar surface area (TPSA) is 50.7 Å². The Morgan fingerprint density at radius 3 is 2.10 bits per heavy atom. The van der Waals surface area contributed by atoms with Crippen LogP contribution in [0, 0.1) is 0 Å². The van der Waals surface area contributed by atoms with Crippen molar-refractivity contribution in [3.8, 4) is 11.5 Å². The van der Waals surface area contributed by atoms with E-state index in [1.807, 2.05) is 73.7 Å². The molecule has 0 saturated carbocycles. The van der Waals surface area contributed by atoms with Crippen LogP contribution in [0.4, 0.5) is 0 Å². The summed E-state index contributed by atoms with van der Waals surface area (Å²) < 4.78 is 11.2. The molecule has 30 heavy (non-hydrogen) atoms. The molecule has 0 spiro atoms. The Labute approximate surface area is 178 Å². The molecule has 2 N–H and O–H groups in total. The van der Waals surface area contributed by atoms with E-state index in [-0.39, 0.29) is 12.6 Å². The fourth-order valence-corrected chi connectivity index (χ4v) is 3.32. The summed E-state index contributed by atoms with van der Waals surface area (Å²) in [6, 6.07) is 26.2. The van der Waals surface area contributed by atoms with Gasteiger partial charge < -0.3 is 19.9 Å². The smallest absolute Gasteiger partial charge is 0.161 e. The van der Waals surface area contributed by atoms with Gasteiger partial charge in [0.15, 0.2) is 11.5 Å². The molecule has 3 aromatic rings. The first-order valence-corrected chi connectivity index (χ1v) is 10.2. The number of aliphatic hydroxyl groups is 1. The molecular weight excluding hydrogens is 374 g/mol. The molecular formula is C26H29NO3. The number of benzene rings is 3. The van der Waals surface area contributed by atoms with Crippen LogP contribution in [-0.4, -0.2) is 31.5 Å². The molecule has 3 aromatic carbocycles. The number of hydrogen-bond donors (Lipinski definition) is 2. The molecule has 3 rings (SSSR count). The number of allylic oxidation sites excluding steroid dienone is 1. The van der Waals surface area contributed by atoms with Crippen molar-refractivity contribution in [2.45, 2.75) is 19.1 Å². The summed E-state index contributed by atoms with van der Waals surface area (Å²) in [6.07, 6.45) is 3.29. The second-order valence-corrected chi connectivity index (χ2v) is 7.04. The van der Waals surface area contributed by atoms with Gasteiger partial charge in [-0.1, -0.05) is 78.9 Å². The molecule has 0 radical (unpaired) electrons. The van der Waals surface area contributed by atoms with Crippen LogP contribution in [0.3, 0.4) is 0 Å². The van der Waals surface area contributed by atoms with Crippen LogP contribution in [0.25, 0.3) is 6.08 Å². The van der Waals surface area contributed by atoms with Crippen LogP contribution in [-0.2, 0) is 0 Å². The number of nitrogens with one attached hydrogen (secondary N) is 1. The lowest BCUT2D eigenvalue weighted by Gasteiger charge is -2.22. The second kappa shape index (κ2) is 11.2. The average Bonchev–Trinajstić information content (AvgIpc) is 2.79. The van der Waals surface area contributed by atoms with Crippen LogP contribution in [0.5, 0.6) is 11.5 Å². The van der Waals surface area contributed by atoms with E-state index >= 15 is 0 Å². The molecule has 0 bridgehead atoms. The highest BCUT2D eigenvalue weighted by Crippen LogP contribution is 2.29. The highest BCUT2D eigenvalue weighted by molar-refractivity contribution is 5.55. The van der Waals surface area contributed by atoms with Crippen molar-refractivity contribution in [1.29, 1.82) is 0 Å². The van der Waals surface area contributed by atoms with Gasteiger partial charge in [0, 0.05) is 6.54 Å². The number of methoxy groups -OCH3 is 1. The lowest BCUT2D eigenvalue weighted by molar-refractivity contribution is 0.103. The summed E-state index contributed by atoms with van der Waals surface area (Å²) in [4.78, 5) is 0. The van der Waals surface area contributed by atoms with Gasteiger partial charge in [0.25, 0.3) is 0 Å². The minimum atomic E-state index is -0.671. The van der Waals surface area contributed by atoms with Crippen LogP contribution < -0.4 is 14.8 Å². The monoisotopic (exact) mass is 403 g/mol. The van der Waals surface area contributed by atoms with Crippen molar-refractivity contribution in [2.24, 2.45) is 0 Å². The summed E-state index contributed by atoms with van der Waals surface area (Å²) >= 11 is 0. The molecule has 156 valence electrons. The van der Waals surface area contributed by atoms with E-state index in [0.717, 1.165) is 16.7 Å². The van der Waals surface area contributed by atoms with Crippen molar-refractivity contribution in [2.75, 3.05) is 20.3 Å². The molecule has 1 unspecified atom stereocenters. The first-order chi connectivity index (χ1) is 14.7. The Morgan fingerprint density at radius 2 is 1.53 bits per heavy atom. The molecule has 0 fully saturated rings. The van der Waals surface area contributed by atoms with E-state index in [1.54, 1.807) is 7.11 Å². The third-order valence-corrected chi connectivity index (χ3v) is 4.80. The minimum Gasteiger partial charge on any atom is -0.493 e. The minimum absolute atomic E-state index is 0.00499. The SMILES string of the molecule is C/C=C/c1ccc(OC)c(OCC(O)CNC(c2ccccc2)c2ccccc2)c1. The first-order valence-electron chi connectivity index (χ1n) is 10.2. The number of hydrogen-bond acceptors (Lipinski definition) is 4. The fraction of sp³-hybridized carbons (Fsp3) is 0.231. The van der Waals surface area contributed by atoms with Gasteiger partial charge in [0.1, 0.15) is 12.7 Å². The van der Waals surface area contributed by atoms with Gasteiger partial charge in [-0.25, -0.2) is 0 Å². The molecule has 0 aliphatic heterocycles. The van der Waals surface area contributed by atoms with E-state index in [9.17, 15) is 5.11 Å². The molecule has 1 atom stereocenters. The normalized spacial score (nSPS) is 12.3. The Hall–Kier alpha value is -3.08. The molecule has 4 heteroatoms. The second-order valence-electron chi connectivity index (χ2n) is 7.04. The maximum absolute atomic E-state index is 10.5. The number of rotatable bonds is 10. The van der Waals surface area contributed by atoms with Gasteiger partial charge in [0.05, 0.1) is 13.2 Å². The average molecular weight is 404 g/mol. The summed E-state index contributed by atoms with van der Waals surface area (Å²) in [5.41, 5.74) is 3.32. The lowest BCUT2D eigenvalue weighted by Crippen LogP contribution is -2.34. The summed E-state index contributed by atoms with van der Waals surface area (Å²) in [5, 5.41) is 14.0. The van der Waals surface area contributed by atoms with E-state index in [2.05, 4.69) is 29.6 Å².